The van der Waals surface area contributed by atoms with Crippen LogP contribution < -0.4 is 0 Å². The fourth-order valence-electron chi connectivity index (χ4n) is 3.61. The van der Waals surface area contributed by atoms with Crippen LogP contribution in [0.5, 0.6) is 0 Å². The van der Waals surface area contributed by atoms with E-state index in [1.54, 1.807) is 16.5 Å². The molecule has 1 amide bonds. The van der Waals surface area contributed by atoms with Crippen LogP contribution in [0, 0.1) is 6.92 Å². The standard InChI is InChI=1S/C17H22ClN5O/c1-12-14(18)8-7-9-15(12)23-16(19-20-21-23)17(22(3)13(2)24)10-5-4-6-11-17/h7-9H,4-6,10-11H2,1-3H3. The van der Waals surface area contributed by atoms with Crippen molar-refractivity contribution < 1.29 is 4.79 Å². The van der Waals surface area contributed by atoms with Crippen LogP contribution in [-0.4, -0.2) is 38.1 Å². The van der Waals surface area contributed by atoms with E-state index in [2.05, 4.69) is 15.5 Å². The van der Waals surface area contributed by atoms with E-state index in [0.29, 0.717) is 10.8 Å². The summed E-state index contributed by atoms with van der Waals surface area (Å²) in [5.74, 6) is 0.736. The van der Waals surface area contributed by atoms with Gasteiger partial charge >= 0.3 is 0 Å². The van der Waals surface area contributed by atoms with Crippen LogP contribution >= 0.6 is 11.6 Å². The second-order valence-corrected chi connectivity index (χ2v) is 6.88. The van der Waals surface area contributed by atoms with Crippen molar-refractivity contribution in [2.75, 3.05) is 7.05 Å². The first-order valence-electron chi connectivity index (χ1n) is 8.26. The zero-order valence-electron chi connectivity index (χ0n) is 14.3. The highest BCUT2D eigenvalue weighted by Gasteiger charge is 2.44. The Labute approximate surface area is 146 Å². The van der Waals surface area contributed by atoms with Gasteiger partial charge in [-0.1, -0.05) is 36.9 Å². The molecule has 0 unspecified atom stereocenters. The number of hydrogen-bond acceptors (Lipinski definition) is 4. The highest BCUT2D eigenvalue weighted by atomic mass is 35.5. The number of carbonyl (C=O) groups excluding carboxylic acids is 1. The molecule has 0 saturated heterocycles. The third kappa shape index (κ3) is 2.69. The zero-order valence-corrected chi connectivity index (χ0v) is 15.0. The average molecular weight is 348 g/mol. The van der Waals surface area contributed by atoms with E-state index < -0.39 is 5.54 Å². The smallest absolute Gasteiger partial charge is 0.220 e. The first kappa shape index (κ1) is 16.9. The predicted octanol–water partition coefficient (Wildman–Crippen LogP) is 3.26. The molecule has 1 aliphatic carbocycles. The Morgan fingerprint density at radius 3 is 2.67 bits per heavy atom. The second-order valence-electron chi connectivity index (χ2n) is 6.47. The van der Waals surface area contributed by atoms with Crippen molar-refractivity contribution in [3.63, 3.8) is 0 Å². The Balaban J connectivity index is 2.16. The Kier molecular flexibility index (Phi) is 4.58. The third-order valence-corrected chi connectivity index (χ3v) is 5.56. The lowest BCUT2D eigenvalue weighted by Gasteiger charge is -2.43. The van der Waals surface area contributed by atoms with E-state index in [0.717, 1.165) is 36.9 Å². The summed E-state index contributed by atoms with van der Waals surface area (Å²) in [6.07, 6.45) is 5.01. The van der Waals surface area contributed by atoms with Gasteiger partial charge in [-0.25, -0.2) is 0 Å². The molecule has 1 saturated carbocycles. The van der Waals surface area contributed by atoms with E-state index in [-0.39, 0.29) is 5.91 Å². The topological polar surface area (TPSA) is 63.9 Å². The van der Waals surface area contributed by atoms with Crippen LogP contribution in [-0.2, 0) is 10.3 Å². The molecule has 0 atom stereocenters. The van der Waals surface area contributed by atoms with Gasteiger partial charge in [-0.3, -0.25) is 4.79 Å². The molecule has 0 aliphatic heterocycles. The van der Waals surface area contributed by atoms with Crippen LogP contribution in [0.3, 0.4) is 0 Å². The number of benzene rings is 1. The second kappa shape index (κ2) is 6.51. The van der Waals surface area contributed by atoms with Gasteiger partial charge in [0.1, 0.15) is 5.54 Å². The van der Waals surface area contributed by atoms with Crippen molar-refractivity contribution >= 4 is 17.5 Å². The minimum atomic E-state index is -0.470. The number of tetrazole rings is 1. The molecule has 1 aliphatic rings. The van der Waals surface area contributed by atoms with Crippen molar-refractivity contribution in [2.24, 2.45) is 0 Å². The Hall–Kier alpha value is -1.95. The summed E-state index contributed by atoms with van der Waals surface area (Å²) < 4.78 is 1.74. The van der Waals surface area contributed by atoms with E-state index in [4.69, 9.17) is 11.6 Å². The number of halogens is 1. The van der Waals surface area contributed by atoms with Crippen molar-refractivity contribution in [3.05, 3.63) is 34.6 Å². The molecule has 1 aromatic heterocycles. The van der Waals surface area contributed by atoms with E-state index >= 15 is 0 Å². The molecule has 0 radical (unpaired) electrons. The van der Waals surface area contributed by atoms with E-state index in [1.807, 2.05) is 32.2 Å². The third-order valence-electron chi connectivity index (χ3n) is 5.15. The molecule has 0 N–H and O–H groups in total. The number of hydrogen-bond donors (Lipinski definition) is 0. The van der Waals surface area contributed by atoms with Gasteiger partial charge in [0.2, 0.25) is 5.91 Å². The van der Waals surface area contributed by atoms with Gasteiger partial charge in [-0.2, -0.15) is 4.68 Å². The first-order valence-corrected chi connectivity index (χ1v) is 8.64. The van der Waals surface area contributed by atoms with Crippen LogP contribution in [0.2, 0.25) is 5.02 Å². The van der Waals surface area contributed by atoms with Gasteiger partial charge in [0.25, 0.3) is 0 Å². The summed E-state index contributed by atoms with van der Waals surface area (Å²) in [5.41, 5.74) is 1.30. The largest absolute Gasteiger partial charge is 0.333 e. The summed E-state index contributed by atoms with van der Waals surface area (Å²) >= 11 is 6.27. The maximum atomic E-state index is 12.1. The minimum Gasteiger partial charge on any atom is -0.333 e. The SMILES string of the molecule is CC(=O)N(C)C1(c2nnnn2-c2cccc(Cl)c2C)CCCCC1. The molecule has 6 nitrogen and oxygen atoms in total. The number of carbonyl (C=O) groups is 1. The lowest BCUT2D eigenvalue weighted by atomic mass is 9.79. The highest BCUT2D eigenvalue weighted by molar-refractivity contribution is 6.31. The van der Waals surface area contributed by atoms with Crippen molar-refractivity contribution in [2.45, 2.75) is 51.5 Å². The average Bonchev–Trinajstić information content (AvgIpc) is 3.07. The maximum absolute atomic E-state index is 12.1. The normalized spacial score (nSPS) is 16.8. The zero-order chi connectivity index (χ0) is 17.3. The van der Waals surface area contributed by atoms with Crippen molar-refractivity contribution in [1.82, 2.24) is 25.1 Å². The summed E-state index contributed by atoms with van der Waals surface area (Å²) in [7, 11) is 1.84. The molecular formula is C17H22ClN5O. The molecule has 1 fully saturated rings. The summed E-state index contributed by atoms with van der Waals surface area (Å²) in [4.78, 5) is 13.9. The molecule has 7 heteroatoms. The Morgan fingerprint density at radius 1 is 1.29 bits per heavy atom. The number of nitrogens with zero attached hydrogens (tertiary/aromatic N) is 5. The molecule has 24 heavy (non-hydrogen) atoms. The highest BCUT2D eigenvalue weighted by Crippen LogP contribution is 2.41. The quantitative estimate of drug-likeness (QED) is 0.854. The van der Waals surface area contributed by atoms with Gasteiger partial charge in [-0.05, 0) is 47.9 Å². The molecule has 128 valence electrons. The Bertz CT molecular complexity index is 751. The van der Waals surface area contributed by atoms with Gasteiger partial charge in [0.05, 0.1) is 5.69 Å². The summed E-state index contributed by atoms with van der Waals surface area (Å²) in [6.45, 7) is 3.54. The fraction of sp³-hybridized carbons (Fsp3) is 0.529. The van der Waals surface area contributed by atoms with Crippen LogP contribution in [0.1, 0.15) is 50.4 Å². The number of rotatable bonds is 3. The molecule has 0 spiro atoms. The van der Waals surface area contributed by atoms with E-state index in [1.165, 1.54) is 6.42 Å². The van der Waals surface area contributed by atoms with Gasteiger partial charge in [-0.15, -0.1) is 5.10 Å². The predicted molar refractivity (Wildman–Crippen MR) is 92.1 cm³/mol. The fourth-order valence-corrected chi connectivity index (χ4v) is 3.78. The number of aromatic nitrogens is 4. The van der Waals surface area contributed by atoms with Crippen LogP contribution in [0.25, 0.3) is 5.69 Å². The lowest BCUT2D eigenvalue weighted by Crippen LogP contribution is -2.49. The molecule has 1 heterocycles. The Morgan fingerprint density at radius 2 is 2.00 bits per heavy atom. The van der Waals surface area contributed by atoms with Crippen molar-refractivity contribution in [3.8, 4) is 5.69 Å². The van der Waals surface area contributed by atoms with Gasteiger partial charge in [0, 0.05) is 19.0 Å². The molecular weight excluding hydrogens is 326 g/mol. The molecule has 2 aromatic rings. The maximum Gasteiger partial charge on any atom is 0.220 e. The monoisotopic (exact) mass is 347 g/mol. The van der Waals surface area contributed by atoms with Crippen molar-refractivity contribution in [1.29, 1.82) is 0 Å². The number of amides is 1. The minimum absolute atomic E-state index is 0.0225. The van der Waals surface area contributed by atoms with Gasteiger partial charge in [0.15, 0.2) is 5.82 Å². The van der Waals surface area contributed by atoms with E-state index in [9.17, 15) is 4.79 Å². The molecule has 3 rings (SSSR count). The van der Waals surface area contributed by atoms with Gasteiger partial charge < -0.3 is 4.90 Å². The molecule has 1 aromatic carbocycles. The van der Waals surface area contributed by atoms with Crippen LogP contribution in [0.15, 0.2) is 18.2 Å². The van der Waals surface area contributed by atoms with Crippen LogP contribution in [0.4, 0.5) is 0 Å². The first-order chi connectivity index (χ1) is 11.5. The molecule has 0 bridgehead atoms. The summed E-state index contributed by atoms with van der Waals surface area (Å²) in [5, 5.41) is 13.1. The lowest BCUT2D eigenvalue weighted by molar-refractivity contribution is -0.135. The summed E-state index contributed by atoms with van der Waals surface area (Å²) in [6, 6.07) is 5.69.